The van der Waals surface area contributed by atoms with Crippen molar-refractivity contribution in [1.82, 2.24) is 9.24 Å². The molecule has 2 fully saturated rings. The second kappa shape index (κ2) is 12.4. The highest BCUT2D eigenvalue weighted by atomic mass is 19.1. The van der Waals surface area contributed by atoms with E-state index in [1.807, 2.05) is 0 Å². The Balaban J connectivity index is 1.57. The zero-order valence-corrected chi connectivity index (χ0v) is 21.3. The SMILES string of the molecule is CCOC(=O)CCCCCNn1c(=O)c2cc(F)c(NC3CCCCC3)cc2n(C2CCCC2)c1=O. The molecule has 4 rings (SSSR count). The average Bonchev–Trinajstić information content (AvgIpc) is 3.39. The lowest BCUT2D eigenvalue weighted by Crippen LogP contribution is -2.46. The number of unbranched alkanes of at least 4 members (excludes halogenated alkanes) is 2. The van der Waals surface area contributed by atoms with Crippen LogP contribution in [0.2, 0.25) is 0 Å². The molecule has 36 heavy (non-hydrogen) atoms. The number of aromatic nitrogens is 2. The summed E-state index contributed by atoms with van der Waals surface area (Å²) in [6, 6.07) is 3.15. The van der Waals surface area contributed by atoms with Gasteiger partial charge in [0.2, 0.25) is 0 Å². The maximum absolute atomic E-state index is 15.2. The van der Waals surface area contributed by atoms with Crippen molar-refractivity contribution in [1.29, 1.82) is 0 Å². The van der Waals surface area contributed by atoms with Gasteiger partial charge in [-0.05, 0) is 57.6 Å². The molecular formula is C27H39FN4O4. The Morgan fingerprint density at radius 1 is 1.03 bits per heavy atom. The minimum absolute atomic E-state index is 0.00813. The second-order valence-corrected chi connectivity index (χ2v) is 10.1. The number of hydrogen-bond donors (Lipinski definition) is 2. The van der Waals surface area contributed by atoms with E-state index in [4.69, 9.17) is 4.74 Å². The van der Waals surface area contributed by atoms with Crippen LogP contribution in [0, 0.1) is 5.82 Å². The molecule has 9 heteroatoms. The second-order valence-electron chi connectivity index (χ2n) is 10.1. The molecular weight excluding hydrogens is 463 g/mol. The number of benzene rings is 1. The first-order chi connectivity index (χ1) is 17.5. The monoisotopic (exact) mass is 502 g/mol. The largest absolute Gasteiger partial charge is 0.466 e. The number of halogens is 1. The molecule has 0 bridgehead atoms. The van der Waals surface area contributed by atoms with Crippen LogP contribution in [0.4, 0.5) is 10.1 Å². The smallest absolute Gasteiger partial charge is 0.350 e. The van der Waals surface area contributed by atoms with Gasteiger partial charge < -0.3 is 15.5 Å². The van der Waals surface area contributed by atoms with Crippen LogP contribution in [-0.4, -0.2) is 34.4 Å². The van der Waals surface area contributed by atoms with Crippen LogP contribution in [-0.2, 0) is 9.53 Å². The quantitative estimate of drug-likeness (QED) is 0.338. The highest BCUT2D eigenvalue weighted by molar-refractivity contribution is 5.82. The van der Waals surface area contributed by atoms with E-state index < -0.39 is 17.1 Å². The van der Waals surface area contributed by atoms with Crippen LogP contribution in [0.15, 0.2) is 21.7 Å². The molecule has 0 spiro atoms. The number of esters is 1. The summed E-state index contributed by atoms with van der Waals surface area (Å²) in [4.78, 5) is 38.3. The number of carbonyl (C=O) groups excluding carboxylic acids is 1. The molecule has 2 saturated carbocycles. The minimum Gasteiger partial charge on any atom is -0.466 e. The molecule has 0 unspecified atom stereocenters. The number of ether oxygens (including phenoxy) is 1. The van der Waals surface area contributed by atoms with Gasteiger partial charge >= 0.3 is 11.7 Å². The first kappa shape index (κ1) is 26.2. The maximum atomic E-state index is 15.2. The van der Waals surface area contributed by atoms with Crippen molar-refractivity contribution in [2.75, 3.05) is 23.9 Å². The highest BCUT2D eigenvalue weighted by Gasteiger charge is 2.25. The van der Waals surface area contributed by atoms with Crippen molar-refractivity contribution >= 4 is 22.6 Å². The molecule has 1 aromatic carbocycles. The third kappa shape index (κ3) is 6.10. The molecule has 0 saturated heterocycles. The number of nitrogens with zero attached hydrogens (tertiary/aromatic N) is 2. The molecule has 0 aliphatic heterocycles. The number of fused-ring (bicyclic) bond motifs is 1. The van der Waals surface area contributed by atoms with Gasteiger partial charge in [-0.3, -0.25) is 14.2 Å². The van der Waals surface area contributed by atoms with Gasteiger partial charge in [0.15, 0.2) is 0 Å². The van der Waals surface area contributed by atoms with E-state index >= 15 is 4.39 Å². The van der Waals surface area contributed by atoms with E-state index in [0.29, 0.717) is 43.6 Å². The number of rotatable bonds is 11. The number of nitrogens with one attached hydrogen (secondary N) is 2. The van der Waals surface area contributed by atoms with Crippen molar-refractivity contribution < 1.29 is 13.9 Å². The van der Waals surface area contributed by atoms with Crippen LogP contribution in [0.1, 0.15) is 96.4 Å². The molecule has 0 radical (unpaired) electrons. The third-order valence-corrected chi connectivity index (χ3v) is 7.46. The van der Waals surface area contributed by atoms with E-state index in [1.54, 1.807) is 17.6 Å². The van der Waals surface area contributed by atoms with Crippen LogP contribution in [0.25, 0.3) is 10.9 Å². The normalized spacial score (nSPS) is 16.9. The standard InChI is InChI=1S/C27H39FN4O4/c1-2-36-25(33)15-7-4-10-16-29-32-26(34)21-17-22(28)23(30-19-11-5-3-6-12-19)18-24(21)31(27(32)35)20-13-8-9-14-20/h17-20,29-30H,2-16H2,1H3. The molecule has 1 heterocycles. The Bertz CT molecular complexity index is 1160. The minimum atomic E-state index is -0.529. The van der Waals surface area contributed by atoms with Gasteiger partial charge in [-0.15, -0.1) is 0 Å². The van der Waals surface area contributed by atoms with Crippen LogP contribution in [0.5, 0.6) is 0 Å². The summed E-state index contributed by atoms with van der Waals surface area (Å²) in [6.45, 7) is 2.55. The first-order valence-corrected chi connectivity index (χ1v) is 13.7. The van der Waals surface area contributed by atoms with E-state index in [-0.39, 0.29) is 23.4 Å². The van der Waals surface area contributed by atoms with Crippen LogP contribution < -0.4 is 22.0 Å². The Labute approximate surface area is 211 Å². The van der Waals surface area contributed by atoms with E-state index in [9.17, 15) is 14.4 Å². The van der Waals surface area contributed by atoms with Gasteiger partial charge in [-0.2, -0.15) is 4.68 Å². The highest BCUT2D eigenvalue weighted by Crippen LogP contribution is 2.32. The Morgan fingerprint density at radius 2 is 1.75 bits per heavy atom. The lowest BCUT2D eigenvalue weighted by molar-refractivity contribution is -0.143. The van der Waals surface area contributed by atoms with E-state index in [0.717, 1.165) is 62.5 Å². The predicted molar refractivity (Wildman–Crippen MR) is 140 cm³/mol. The summed E-state index contributed by atoms with van der Waals surface area (Å²) in [7, 11) is 0. The molecule has 0 amide bonds. The van der Waals surface area contributed by atoms with Crippen molar-refractivity contribution in [3.05, 3.63) is 38.8 Å². The predicted octanol–water partition coefficient (Wildman–Crippen LogP) is 4.83. The fourth-order valence-corrected chi connectivity index (χ4v) is 5.58. The Hall–Kier alpha value is -2.84. The zero-order valence-electron chi connectivity index (χ0n) is 21.3. The van der Waals surface area contributed by atoms with Gasteiger partial charge in [0.1, 0.15) is 5.82 Å². The van der Waals surface area contributed by atoms with E-state index in [2.05, 4.69) is 10.7 Å². The van der Waals surface area contributed by atoms with Gasteiger partial charge in [-0.1, -0.05) is 38.5 Å². The summed E-state index contributed by atoms with van der Waals surface area (Å²) in [5.74, 6) is -0.678. The van der Waals surface area contributed by atoms with E-state index in [1.165, 1.54) is 12.5 Å². The topological polar surface area (TPSA) is 94.4 Å². The fourth-order valence-electron chi connectivity index (χ4n) is 5.58. The zero-order chi connectivity index (χ0) is 25.5. The fraction of sp³-hybridized carbons (Fsp3) is 0.667. The third-order valence-electron chi connectivity index (χ3n) is 7.46. The van der Waals surface area contributed by atoms with Gasteiger partial charge in [-0.25, -0.2) is 9.18 Å². The van der Waals surface area contributed by atoms with Crippen molar-refractivity contribution in [3.8, 4) is 0 Å². The summed E-state index contributed by atoms with van der Waals surface area (Å²) in [5, 5.41) is 3.55. The van der Waals surface area contributed by atoms with Gasteiger partial charge in [0.05, 0.1) is 23.2 Å². The van der Waals surface area contributed by atoms with Crippen molar-refractivity contribution in [2.24, 2.45) is 0 Å². The summed E-state index contributed by atoms with van der Waals surface area (Å²) < 4.78 is 22.8. The molecule has 1 aromatic heterocycles. The average molecular weight is 503 g/mol. The van der Waals surface area contributed by atoms with Gasteiger partial charge in [0.25, 0.3) is 5.56 Å². The summed E-state index contributed by atoms with van der Waals surface area (Å²) in [6.07, 6.45) is 11.7. The molecule has 0 atom stereocenters. The first-order valence-electron chi connectivity index (χ1n) is 13.7. The number of anilines is 1. The molecule has 2 aliphatic carbocycles. The number of hydrogen-bond acceptors (Lipinski definition) is 6. The molecule has 2 aromatic rings. The van der Waals surface area contributed by atoms with Gasteiger partial charge in [0, 0.05) is 25.0 Å². The van der Waals surface area contributed by atoms with Crippen molar-refractivity contribution in [3.63, 3.8) is 0 Å². The number of carbonyl (C=O) groups is 1. The molecule has 2 N–H and O–H groups in total. The summed E-state index contributed by atoms with van der Waals surface area (Å²) >= 11 is 0. The summed E-state index contributed by atoms with van der Waals surface area (Å²) in [5.41, 5.74) is 2.91. The Kier molecular flexibility index (Phi) is 9.04. The maximum Gasteiger partial charge on any atom is 0.350 e. The van der Waals surface area contributed by atoms with Crippen molar-refractivity contribution in [2.45, 2.75) is 102 Å². The lowest BCUT2D eigenvalue weighted by atomic mass is 9.95. The molecule has 198 valence electrons. The lowest BCUT2D eigenvalue weighted by Gasteiger charge is -2.25. The molecule has 8 nitrogen and oxygen atoms in total. The molecule has 2 aliphatic rings. The van der Waals surface area contributed by atoms with Crippen LogP contribution >= 0.6 is 0 Å². The Morgan fingerprint density at radius 3 is 2.47 bits per heavy atom. The van der Waals surface area contributed by atoms with Crippen LogP contribution in [0.3, 0.4) is 0 Å².